The summed E-state index contributed by atoms with van der Waals surface area (Å²) >= 11 is 0. The molecule has 0 bridgehead atoms. The van der Waals surface area contributed by atoms with Crippen LogP contribution < -0.4 is 10.6 Å². The topological polar surface area (TPSA) is 97.9 Å². The molecule has 1 aliphatic carbocycles. The summed E-state index contributed by atoms with van der Waals surface area (Å²) in [6.45, 7) is 2.67. The standard InChI is InChI=1S/C22H26N6O2/c1-3-15(22(29)23-2)11-12-28-14-24-19-20(25-16-6-4-7-16)26-18(27-21(19)28)10-9-17-8-5-13-30-17/h5,8,13-16H,3-4,6-7,11-12H2,1-2H3,(H,23,29)(H,25,26,27). The van der Waals surface area contributed by atoms with Gasteiger partial charge in [-0.2, -0.15) is 0 Å². The minimum Gasteiger partial charge on any atom is -0.456 e. The van der Waals surface area contributed by atoms with Crippen LogP contribution in [0.25, 0.3) is 11.2 Å². The van der Waals surface area contributed by atoms with Gasteiger partial charge in [-0.3, -0.25) is 4.79 Å². The van der Waals surface area contributed by atoms with Crippen molar-refractivity contribution in [2.45, 2.75) is 51.6 Å². The minimum absolute atomic E-state index is 0.0416. The number of carbonyl (C=O) groups excluding carboxylic acids is 1. The first-order valence-electron chi connectivity index (χ1n) is 10.4. The Morgan fingerprint density at radius 3 is 2.90 bits per heavy atom. The largest absolute Gasteiger partial charge is 0.456 e. The molecule has 3 heterocycles. The molecule has 2 N–H and O–H groups in total. The van der Waals surface area contributed by atoms with E-state index in [1.807, 2.05) is 11.5 Å². The van der Waals surface area contributed by atoms with Gasteiger partial charge in [0.2, 0.25) is 11.7 Å². The number of hydrogen-bond acceptors (Lipinski definition) is 6. The molecule has 0 aliphatic heterocycles. The predicted octanol–water partition coefficient (Wildman–Crippen LogP) is 2.95. The number of rotatable bonds is 7. The summed E-state index contributed by atoms with van der Waals surface area (Å²) in [5.41, 5.74) is 1.46. The molecule has 1 atom stereocenters. The van der Waals surface area contributed by atoms with Crippen LogP contribution in [-0.4, -0.2) is 38.5 Å². The zero-order valence-corrected chi connectivity index (χ0v) is 17.3. The number of nitrogens with zero attached hydrogens (tertiary/aromatic N) is 4. The van der Waals surface area contributed by atoms with Crippen molar-refractivity contribution in [2.24, 2.45) is 5.92 Å². The SMILES string of the molecule is CCC(CCn1cnc2c(NC3CCC3)nc(C#Cc3ccco3)nc21)C(=O)NC. The molecule has 0 radical (unpaired) electrons. The van der Waals surface area contributed by atoms with E-state index in [0.717, 1.165) is 30.4 Å². The van der Waals surface area contributed by atoms with Crippen molar-refractivity contribution in [2.75, 3.05) is 12.4 Å². The number of hydrogen-bond donors (Lipinski definition) is 2. The molecule has 4 rings (SSSR count). The van der Waals surface area contributed by atoms with Crippen LogP contribution in [0.15, 0.2) is 29.1 Å². The number of aryl methyl sites for hydroxylation is 1. The fourth-order valence-electron chi connectivity index (χ4n) is 3.50. The number of amides is 1. The van der Waals surface area contributed by atoms with E-state index in [1.54, 1.807) is 31.8 Å². The number of aromatic nitrogens is 4. The van der Waals surface area contributed by atoms with Crippen LogP contribution in [0.3, 0.4) is 0 Å². The van der Waals surface area contributed by atoms with Gasteiger partial charge in [0, 0.05) is 25.6 Å². The second-order valence-corrected chi connectivity index (χ2v) is 7.51. The summed E-state index contributed by atoms with van der Waals surface area (Å²) in [4.78, 5) is 25.9. The van der Waals surface area contributed by atoms with Gasteiger partial charge in [-0.25, -0.2) is 15.0 Å². The fourth-order valence-corrected chi connectivity index (χ4v) is 3.50. The second-order valence-electron chi connectivity index (χ2n) is 7.51. The van der Waals surface area contributed by atoms with Gasteiger partial charge in [0.25, 0.3) is 0 Å². The van der Waals surface area contributed by atoms with Crippen LogP contribution in [0.1, 0.15) is 50.6 Å². The quantitative estimate of drug-likeness (QED) is 0.586. The molecule has 3 aromatic rings. The van der Waals surface area contributed by atoms with Crippen molar-refractivity contribution < 1.29 is 9.21 Å². The van der Waals surface area contributed by atoms with E-state index in [9.17, 15) is 4.79 Å². The average molecular weight is 406 g/mol. The summed E-state index contributed by atoms with van der Waals surface area (Å²) in [7, 11) is 1.67. The molecule has 3 aromatic heterocycles. The highest BCUT2D eigenvalue weighted by Crippen LogP contribution is 2.26. The Morgan fingerprint density at radius 2 is 2.23 bits per heavy atom. The zero-order chi connectivity index (χ0) is 20.9. The molecule has 8 heteroatoms. The van der Waals surface area contributed by atoms with Crippen molar-refractivity contribution in [3.63, 3.8) is 0 Å². The highest BCUT2D eigenvalue weighted by molar-refractivity contribution is 5.83. The number of carbonyl (C=O) groups is 1. The maximum Gasteiger partial charge on any atom is 0.222 e. The monoisotopic (exact) mass is 406 g/mol. The van der Waals surface area contributed by atoms with Gasteiger partial charge in [-0.05, 0) is 56.1 Å². The Labute approximate surface area is 175 Å². The van der Waals surface area contributed by atoms with E-state index < -0.39 is 0 Å². The summed E-state index contributed by atoms with van der Waals surface area (Å²) in [5.74, 6) is 7.67. The van der Waals surface area contributed by atoms with Gasteiger partial charge in [0.05, 0.1) is 12.6 Å². The Kier molecular flexibility index (Phi) is 5.98. The average Bonchev–Trinajstić information content (AvgIpc) is 3.39. The van der Waals surface area contributed by atoms with Crippen molar-refractivity contribution in [1.29, 1.82) is 0 Å². The van der Waals surface area contributed by atoms with Crippen LogP contribution >= 0.6 is 0 Å². The van der Waals surface area contributed by atoms with Crippen LogP contribution in [0, 0.1) is 17.8 Å². The van der Waals surface area contributed by atoms with Gasteiger partial charge in [-0.15, -0.1) is 0 Å². The van der Waals surface area contributed by atoms with Crippen molar-refractivity contribution in [1.82, 2.24) is 24.8 Å². The summed E-state index contributed by atoms with van der Waals surface area (Å²) in [6.07, 6.45) is 8.34. The molecule has 0 spiro atoms. The van der Waals surface area contributed by atoms with E-state index in [0.29, 0.717) is 36.4 Å². The smallest absolute Gasteiger partial charge is 0.222 e. The Hall–Kier alpha value is -3.34. The first-order valence-corrected chi connectivity index (χ1v) is 10.4. The molecule has 8 nitrogen and oxygen atoms in total. The fraction of sp³-hybridized carbons (Fsp3) is 0.455. The molecule has 1 unspecified atom stereocenters. The van der Waals surface area contributed by atoms with Crippen molar-refractivity contribution in [3.8, 4) is 11.8 Å². The second kappa shape index (κ2) is 8.99. The van der Waals surface area contributed by atoms with Gasteiger partial charge >= 0.3 is 0 Å². The highest BCUT2D eigenvalue weighted by Gasteiger charge is 2.21. The normalized spacial score (nSPS) is 14.6. The van der Waals surface area contributed by atoms with Gasteiger partial charge in [0.15, 0.2) is 22.7 Å². The van der Waals surface area contributed by atoms with E-state index in [1.165, 1.54) is 6.42 Å². The predicted molar refractivity (Wildman–Crippen MR) is 114 cm³/mol. The van der Waals surface area contributed by atoms with E-state index in [-0.39, 0.29) is 11.8 Å². The number of nitrogens with one attached hydrogen (secondary N) is 2. The van der Waals surface area contributed by atoms with Gasteiger partial charge in [-0.1, -0.05) is 6.92 Å². The highest BCUT2D eigenvalue weighted by atomic mass is 16.3. The van der Waals surface area contributed by atoms with E-state index in [4.69, 9.17) is 4.42 Å². The lowest BCUT2D eigenvalue weighted by Gasteiger charge is -2.26. The number of anilines is 1. The van der Waals surface area contributed by atoms with E-state index >= 15 is 0 Å². The summed E-state index contributed by atoms with van der Waals surface area (Å²) in [5, 5.41) is 6.23. The summed E-state index contributed by atoms with van der Waals surface area (Å²) < 4.78 is 7.26. The maximum absolute atomic E-state index is 12.0. The lowest BCUT2D eigenvalue weighted by Crippen LogP contribution is -2.28. The molecule has 1 aliphatic rings. The molecule has 1 saturated carbocycles. The maximum atomic E-state index is 12.0. The van der Waals surface area contributed by atoms with Crippen LogP contribution in [0.2, 0.25) is 0 Å². The first kappa shape index (κ1) is 20.0. The molecule has 0 aromatic carbocycles. The third-order valence-corrected chi connectivity index (χ3v) is 5.56. The Bertz CT molecular complexity index is 1070. The molecule has 1 amide bonds. The lowest BCUT2D eigenvalue weighted by molar-refractivity contribution is -0.124. The molecule has 0 saturated heterocycles. The first-order chi connectivity index (χ1) is 14.7. The van der Waals surface area contributed by atoms with Crippen LogP contribution in [0.5, 0.6) is 0 Å². The van der Waals surface area contributed by atoms with E-state index in [2.05, 4.69) is 37.4 Å². The minimum atomic E-state index is -0.0416. The lowest BCUT2D eigenvalue weighted by atomic mass is 9.93. The molecular weight excluding hydrogens is 380 g/mol. The molecule has 1 fully saturated rings. The number of furan rings is 1. The summed E-state index contributed by atoms with van der Waals surface area (Å²) in [6, 6.07) is 4.01. The molecule has 156 valence electrons. The third kappa shape index (κ3) is 4.30. The van der Waals surface area contributed by atoms with Gasteiger partial charge in [0.1, 0.15) is 0 Å². The molecular formula is C22H26N6O2. The third-order valence-electron chi connectivity index (χ3n) is 5.56. The Balaban J connectivity index is 1.65. The molecule has 30 heavy (non-hydrogen) atoms. The Morgan fingerprint density at radius 1 is 1.37 bits per heavy atom. The van der Waals surface area contributed by atoms with Crippen molar-refractivity contribution >= 4 is 22.9 Å². The van der Waals surface area contributed by atoms with Crippen LogP contribution in [-0.2, 0) is 11.3 Å². The van der Waals surface area contributed by atoms with Gasteiger partial charge < -0.3 is 19.6 Å². The van der Waals surface area contributed by atoms with Crippen molar-refractivity contribution in [3.05, 3.63) is 36.3 Å². The number of fused-ring (bicyclic) bond motifs is 1. The van der Waals surface area contributed by atoms with Crippen LogP contribution in [0.4, 0.5) is 5.82 Å². The number of imidazole rings is 1. The zero-order valence-electron chi connectivity index (χ0n) is 17.3.